The second-order valence-corrected chi connectivity index (χ2v) is 9.24. The summed E-state index contributed by atoms with van der Waals surface area (Å²) in [5, 5.41) is 6.12. The number of nitrogens with one attached hydrogen (secondary N) is 2. The lowest BCUT2D eigenvalue weighted by Gasteiger charge is -2.36. The van der Waals surface area contributed by atoms with Crippen molar-refractivity contribution in [1.82, 2.24) is 20.2 Å². The molecule has 194 valence electrons. The van der Waals surface area contributed by atoms with Gasteiger partial charge in [-0.05, 0) is 36.9 Å². The van der Waals surface area contributed by atoms with E-state index < -0.39 is 0 Å². The molecule has 10 nitrogen and oxygen atoms in total. The van der Waals surface area contributed by atoms with Gasteiger partial charge in [0.1, 0.15) is 5.75 Å². The van der Waals surface area contributed by atoms with E-state index in [9.17, 15) is 4.79 Å². The Bertz CT molecular complexity index is 1260. The van der Waals surface area contributed by atoms with Gasteiger partial charge in [-0.25, -0.2) is 9.97 Å². The topological polar surface area (TPSA) is 112 Å². The lowest BCUT2D eigenvalue weighted by molar-refractivity contribution is -0.120. The third-order valence-corrected chi connectivity index (χ3v) is 6.95. The maximum atomic E-state index is 11.8. The number of anilines is 5. The highest BCUT2D eigenvalue weighted by Gasteiger charge is 2.20. The number of hydrogen-bond donors (Lipinski definition) is 3. The Morgan fingerprint density at radius 1 is 1.03 bits per heavy atom. The molecule has 3 heterocycles. The molecule has 1 amide bonds. The number of piperazine rings is 2. The van der Waals surface area contributed by atoms with Crippen LogP contribution in [0.25, 0.3) is 11.3 Å². The zero-order chi connectivity index (χ0) is 25.8. The number of benzene rings is 2. The Morgan fingerprint density at radius 2 is 1.84 bits per heavy atom. The summed E-state index contributed by atoms with van der Waals surface area (Å²) < 4.78 is 5.62. The summed E-state index contributed by atoms with van der Waals surface area (Å²) >= 11 is 0. The summed E-state index contributed by atoms with van der Waals surface area (Å²) in [6.45, 7) is 9.01. The summed E-state index contributed by atoms with van der Waals surface area (Å²) in [6, 6.07) is 13.8. The molecule has 3 aromatic rings. The van der Waals surface area contributed by atoms with Crippen molar-refractivity contribution in [1.29, 1.82) is 0 Å². The minimum Gasteiger partial charge on any atom is -0.495 e. The first-order valence-electron chi connectivity index (χ1n) is 12.7. The Morgan fingerprint density at radius 3 is 2.57 bits per heavy atom. The van der Waals surface area contributed by atoms with Crippen LogP contribution in [0.4, 0.5) is 28.7 Å². The predicted molar refractivity (Wildman–Crippen MR) is 148 cm³/mol. The average molecular weight is 503 g/mol. The van der Waals surface area contributed by atoms with E-state index in [0.29, 0.717) is 24.8 Å². The van der Waals surface area contributed by atoms with Crippen LogP contribution in [0.2, 0.25) is 0 Å². The number of aromatic nitrogens is 2. The zero-order valence-corrected chi connectivity index (χ0v) is 21.4. The Labute approximate surface area is 217 Å². The molecule has 1 aromatic heterocycles. The van der Waals surface area contributed by atoms with Crippen molar-refractivity contribution in [2.45, 2.75) is 6.92 Å². The second-order valence-electron chi connectivity index (χ2n) is 9.24. The molecular weight excluding hydrogens is 468 g/mol. The fourth-order valence-electron chi connectivity index (χ4n) is 4.88. The molecule has 37 heavy (non-hydrogen) atoms. The number of likely N-dealkylation sites (N-methyl/N-ethyl adjacent to an activating group) is 1. The summed E-state index contributed by atoms with van der Waals surface area (Å²) in [6.07, 6.45) is 1.73. The molecule has 5 rings (SSSR count). The van der Waals surface area contributed by atoms with Crippen LogP contribution in [0.5, 0.6) is 5.75 Å². The number of nitrogens with zero attached hydrogens (tertiary/aromatic N) is 5. The first-order valence-corrected chi connectivity index (χ1v) is 12.7. The molecule has 4 N–H and O–H groups in total. The Balaban J connectivity index is 1.31. The molecule has 2 aromatic carbocycles. The second kappa shape index (κ2) is 10.9. The lowest BCUT2D eigenvalue weighted by atomic mass is 10.1. The number of hydrogen-bond acceptors (Lipinski definition) is 9. The standard InChI is InChI=1S/C27H34N8O2/c1-3-33-12-14-34(15-13-33)23-6-4-19(16-21(23)28)22-8-9-30-27(32-22)31-20-5-7-24(25(17-20)37-2)35-11-10-29-26(36)18-35/h4-9,16-17H,3,10-15,18,28H2,1-2H3,(H,29,36)(H,30,31,32). The van der Waals surface area contributed by atoms with E-state index in [1.807, 2.05) is 35.2 Å². The Hall–Kier alpha value is -4.05. The minimum absolute atomic E-state index is 0.00783. The van der Waals surface area contributed by atoms with Crippen LogP contribution in [0.1, 0.15) is 6.92 Å². The normalized spacial score (nSPS) is 16.4. The molecule has 0 spiro atoms. The van der Waals surface area contributed by atoms with Crippen molar-refractivity contribution < 1.29 is 9.53 Å². The number of rotatable bonds is 7. The molecule has 10 heteroatoms. The number of amides is 1. The maximum absolute atomic E-state index is 11.8. The van der Waals surface area contributed by atoms with Crippen LogP contribution >= 0.6 is 0 Å². The molecule has 0 unspecified atom stereocenters. The number of methoxy groups -OCH3 is 1. The van der Waals surface area contributed by atoms with E-state index in [0.717, 1.165) is 73.3 Å². The molecule has 2 fully saturated rings. The van der Waals surface area contributed by atoms with E-state index in [1.165, 1.54) is 0 Å². The fraction of sp³-hybridized carbons (Fsp3) is 0.370. The highest BCUT2D eigenvalue weighted by Crippen LogP contribution is 2.33. The van der Waals surface area contributed by atoms with E-state index in [-0.39, 0.29) is 5.91 Å². The monoisotopic (exact) mass is 502 g/mol. The third-order valence-electron chi connectivity index (χ3n) is 6.95. The summed E-state index contributed by atoms with van der Waals surface area (Å²) in [5.74, 6) is 1.16. The molecule has 2 aliphatic rings. The zero-order valence-electron chi connectivity index (χ0n) is 21.4. The number of carbonyl (C=O) groups excluding carboxylic acids is 1. The Kier molecular flexibility index (Phi) is 7.27. The first kappa shape index (κ1) is 24.6. The summed E-state index contributed by atoms with van der Waals surface area (Å²) in [5.41, 5.74) is 11.7. The van der Waals surface area contributed by atoms with Gasteiger partial charge in [-0.2, -0.15) is 0 Å². The van der Waals surface area contributed by atoms with Crippen LogP contribution in [0, 0.1) is 0 Å². The van der Waals surface area contributed by atoms with Crippen molar-refractivity contribution >= 4 is 34.6 Å². The largest absolute Gasteiger partial charge is 0.495 e. The van der Waals surface area contributed by atoms with E-state index in [4.69, 9.17) is 15.5 Å². The van der Waals surface area contributed by atoms with Crippen molar-refractivity contribution in [3.05, 3.63) is 48.7 Å². The quantitative estimate of drug-likeness (QED) is 0.420. The maximum Gasteiger partial charge on any atom is 0.239 e. The van der Waals surface area contributed by atoms with Gasteiger partial charge < -0.3 is 35.8 Å². The number of ether oxygens (including phenoxy) is 1. The minimum atomic E-state index is 0.00783. The molecule has 2 saturated heterocycles. The highest BCUT2D eigenvalue weighted by molar-refractivity contribution is 5.84. The van der Waals surface area contributed by atoms with E-state index in [1.54, 1.807) is 13.3 Å². The van der Waals surface area contributed by atoms with Crippen molar-refractivity contribution in [3.8, 4) is 17.0 Å². The number of nitrogens with two attached hydrogens (primary N) is 1. The van der Waals surface area contributed by atoms with Gasteiger partial charge in [-0.1, -0.05) is 13.0 Å². The van der Waals surface area contributed by atoms with E-state index >= 15 is 0 Å². The lowest BCUT2D eigenvalue weighted by Crippen LogP contribution is -2.47. The average Bonchev–Trinajstić information content (AvgIpc) is 2.93. The molecule has 0 aliphatic carbocycles. The predicted octanol–water partition coefficient (Wildman–Crippen LogP) is 2.56. The smallest absolute Gasteiger partial charge is 0.239 e. The van der Waals surface area contributed by atoms with Crippen molar-refractivity contribution in [2.24, 2.45) is 0 Å². The SMILES string of the molecule is CCN1CCN(c2ccc(-c3ccnc(Nc4ccc(N5CCNC(=O)C5)c(OC)c4)n3)cc2N)CC1. The first-order chi connectivity index (χ1) is 18.0. The van der Waals surface area contributed by atoms with Gasteiger partial charge in [0.2, 0.25) is 11.9 Å². The number of nitrogen functional groups attached to an aromatic ring is 1. The van der Waals surface area contributed by atoms with E-state index in [2.05, 4.69) is 44.5 Å². The van der Waals surface area contributed by atoms with Crippen LogP contribution in [0.15, 0.2) is 48.7 Å². The molecule has 0 saturated carbocycles. The van der Waals surface area contributed by atoms with Gasteiger partial charge >= 0.3 is 0 Å². The molecular formula is C27H34N8O2. The van der Waals surface area contributed by atoms with Gasteiger partial charge in [-0.3, -0.25) is 4.79 Å². The van der Waals surface area contributed by atoms with Gasteiger partial charge in [0.15, 0.2) is 0 Å². The van der Waals surface area contributed by atoms with Gasteiger partial charge in [0.25, 0.3) is 0 Å². The van der Waals surface area contributed by atoms with Gasteiger partial charge in [0.05, 0.1) is 36.4 Å². The highest BCUT2D eigenvalue weighted by atomic mass is 16.5. The van der Waals surface area contributed by atoms with Crippen LogP contribution < -0.4 is 30.9 Å². The van der Waals surface area contributed by atoms with Crippen molar-refractivity contribution in [2.75, 3.05) is 80.3 Å². The van der Waals surface area contributed by atoms with Crippen LogP contribution in [0.3, 0.4) is 0 Å². The van der Waals surface area contributed by atoms with Crippen molar-refractivity contribution in [3.63, 3.8) is 0 Å². The molecule has 0 atom stereocenters. The van der Waals surface area contributed by atoms with Crippen LogP contribution in [-0.2, 0) is 4.79 Å². The third kappa shape index (κ3) is 5.54. The summed E-state index contributed by atoms with van der Waals surface area (Å²) in [4.78, 5) is 27.7. The molecule has 0 radical (unpaired) electrons. The molecule has 2 aliphatic heterocycles. The summed E-state index contributed by atoms with van der Waals surface area (Å²) in [7, 11) is 1.63. The van der Waals surface area contributed by atoms with Gasteiger partial charge in [0, 0.05) is 62.8 Å². The van der Waals surface area contributed by atoms with Gasteiger partial charge in [-0.15, -0.1) is 0 Å². The fourth-order valence-corrected chi connectivity index (χ4v) is 4.88. The molecule has 0 bridgehead atoms. The number of carbonyl (C=O) groups is 1. The van der Waals surface area contributed by atoms with Crippen LogP contribution in [-0.4, -0.2) is 80.2 Å².